The molecule has 4 rings (SSSR count). The number of phenolic OH excluding ortho intramolecular Hbond substituents is 1. The van der Waals surface area contributed by atoms with E-state index in [1.165, 1.54) is 17.4 Å². The fraction of sp³-hybridized carbons (Fsp3) is 0.190. The van der Waals surface area contributed by atoms with E-state index in [-0.39, 0.29) is 29.1 Å². The van der Waals surface area contributed by atoms with Gasteiger partial charge >= 0.3 is 0 Å². The van der Waals surface area contributed by atoms with Crippen LogP contribution in [0.3, 0.4) is 0 Å². The van der Waals surface area contributed by atoms with Gasteiger partial charge in [-0.25, -0.2) is 0 Å². The summed E-state index contributed by atoms with van der Waals surface area (Å²) in [5.74, 6) is 0.0814. The van der Waals surface area contributed by atoms with Gasteiger partial charge in [-0.15, -0.1) is 23.7 Å². The average Bonchev–Trinajstić information content (AvgIpc) is 3.14. The zero-order valence-electron chi connectivity index (χ0n) is 15.4. The number of fused-ring (bicyclic) bond motifs is 3. The van der Waals surface area contributed by atoms with E-state index in [0.29, 0.717) is 27.3 Å². The number of pyridine rings is 1. The van der Waals surface area contributed by atoms with E-state index in [2.05, 4.69) is 18.8 Å². The van der Waals surface area contributed by atoms with Gasteiger partial charge in [-0.05, 0) is 22.6 Å². The zero-order chi connectivity index (χ0) is 19.3. The fourth-order valence-electron chi connectivity index (χ4n) is 3.38. The minimum atomic E-state index is -0.175. The number of benzene rings is 2. The second-order valence-corrected chi connectivity index (χ2v) is 8.61. The van der Waals surface area contributed by atoms with E-state index in [1.807, 2.05) is 35.7 Å². The lowest BCUT2D eigenvalue weighted by atomic mass is 9.84. The van der Waals surface area contributed by atoms with Gasteiger partial charge in [0.25, 0.3) is 5.56 Å². The van der Waals surface area contributed by atoms with Crippen molar-refractivity contribution in [2.75, 3.05) is 6.54 Å². The number of halogens is 2. The molecule has 2 aromatic carbocycles. The lowest BCUT2D eigenvalue weighted by Gasteiger charge is -2.23. The van der Waals surface area contributed by atoms with Crippen LogP contribution in [0.25, 0.3) is 32.1 Å². The first-order valence-corrected chi connectivity index (χ1v) is 9.85. The molecular formula is C21H20Cl2N2O2S. The van der Waals surface area contributed by atoms with E-state index in [0.717, 1.165) is 21.9 Å². The largest absolute Gasteiger partial charge is 0.507 e. The SMILES string of the molecule is CC(C)(CN)c1ccc(-c2c(O)cc(Cl)c3[nH]c(=O)c4sccc4c23)cc1.Cl. The molecule has 4 N–H and O–H groups in total. The molecule has 0 atom stereocenters. The second-order valence-electron chi connectivity index (χ2n) is 7.29. The van der Waals surface area contributed by atoms with Crippen molar-refractivity contribution < 1.29 is 5.11 Å². The minimum absolute atomic E-state index is 0. The molecule has 28 heavy (non-hydrogen) atoms. The van der Waals surface area contributed by atoms with Crippen LogP contribution in [0.5, 0.6) is 5.75 Å². The summed E-state index contributed by atoms with van der Waals surface area (Å²) in [6.45, 7) is 4.73. The summed E-state index contributed by atoms with van der Waals surface area (Å²) in [5, 5.41) is 14.4. The topological polar surface area (TPSA) is 79.1 Å². The molecule has 0 spiro atoms. The quantitative estimate of drug-likeness (QED) is 0.402. The Bertz CT molecular complexity index is 1230. The summed E-state index contributed by atoms with van der Waals surface area (Å²) < 4.78 is 0.617. The average molecular weight is 435 g/mol. The van der Waals surface area contributed by atoms with E-state index in [1.54, 1.807) is 0 Å². The van der Waals surface area contributed by atoms with Crippen molar-refractivity contribution in [1.82, 2.24) is 4.98 Å². The van der Waals surface area contributed by atoms with Gasteiger partial charge in [-0.2, -0.15) is 0 Å². The van der Waals surface area contributed by atoms with Crippen LogP contribution in [0.4, 0.5) is 0 Å². The molecule has 0 amide bonds. The first-order chi connectivity index (χ1) is 12.8. The number of phenols is 1. The van der Waals surface area contributed by atoms with Gasteiger partial charge in [0.05, 0.1) is 10.5 Å². The predicted molar refractivity (Wildman–Crippen MR) is 121 cm³/mol. The monoisotopic (exact) mass is 434 g/mol. The van der Waals surface area contributed by atoms with Gasteiger partial charge in [-0.3, -0.25) is 4.79 Å². The molecule has 0 bridgehead atoms. The van der Waals surface area contributed by atoms with Crippen LogP contribution < -0.4 is 11.3 Å². The number of nitrogens with one attached hydrogen (secondary N) is 1. The van der Waals surface area contributed by atoms with Crippen LogP contribution in [-0.2, 0) is 5.41 Å². The molecule has 0 saturated heterocycles. The van der Waals surface area contributed by atoms with Gasteiger partial charge in [0.1, 0.15) is 10.4 Å². The molecular weight excluding hydrogens is 415 g/mol. The number of H-pyrrole nitrogens is 1. The molecule has 0 unspecified atom stereocenters. The number of rotatable bonds is 3. The lowest BCUT2D eigenvalue weighted by Crippen LogP contribution is -2.27. The molecule has 0 aliphatic heterocycles. The Morgan fingerprint density at radius 3 is 2.54 bits per heavy atom. The number of aromatic nitrogens is 1. The summed E-state index contributed by atoms with van der Waals surface area (Å²) in [6.07, 6.45) is 0. The van der Waals surface area contributed by atoms with Crippen LogP contribution in [0.2, 0.25) is 5.02 Å². The number of aromatic hydroxyl groups is 1. The maximum atomic E-state index is 12.3. The summed E-state index contributed by atoms with van der Waals surface area (Å²) in [5.41, 5.74) is 8.74. The molecule has 4 aromatic rings. The first-order valence-electron chi connectivity index (χ1n) is 8.59. The van der Waals surface area contributed by atoms with E-state index < -0.39 is 0 Å². The molecule has 0 fully saturated rings. The van der Waals surface area contributed by atoms with Crippen molar-refractivity contribution >= 4 is 56.3 Å². The standard InChI is InChI=1S/C21H19ClN2O2S.ClH/c1-21(2,10-23)12-5-3-11(4-6-12)16-15(25)9-14(22)18-17(16)13-7-8-27-19(13)20(26)24-18;/h3-9,25H,10,23H2,1-2H3,(H,24,26);1H. The maximum absolute atomic E-state index is 12.3. The zero-order valence-corrected chi connectivity index (χ0v) is 17.8. The van der Waals surface area contributed by atoms with Crippen molar-refractivity contribution in [2.45, 2.75) is 19.3 Å². The minimum Gasteiger partial charge on any atom is -0.507 e. The molecule has 7 heteroatoms. The summed E-state index contributed by atoms with van der Waals surface area (Å²) in [6, 6.07) is 11.4. The molecule has 4 nitrogen and oxygen atoms in total. The summed E-state index contributed by atoms with van der Waals surface area (Å²) in [4.78, 5) is 15.2. The Hall–Kier alpha value is -2.05. The van der Waals surface area contributed by atoms with Crippen molar-refractivity contribution in [3.05, 3.63) is 62.7 Å². The van der Waals surface area contributed by atoms with Crippen LogP contribution in [0.1, 0.15) is 19.4 Å². The van der Waals surface area contributed by atoms with Crippen molar-refractivity contribution in [2.24, 2.45) is 5.73 Å². The first kappa shape index (κ1) is 20.7. The van der Waals surface area contributed by atoms with Gasteiger partial charge in [0.2, 0.25) is 0 Å². The molecule has 0 saturated carbocycles. The Balaban J connectivity index is 0.00000225. The number of nitrogens with two attached hydrogens (primary N) is 1. The third-order valence-electron chi connectivity index (χ3n) is 5.10. The summed E-state index contributed by atoms with van der Waals surface area (Å²) in [7, 11) is 0. The van der Waals surface area contributed by atoms with E-state index in [9.17, 15) is 9.90 Å². The number of thiophene rings is 1. The lowest BCUT2D eigenvalue weighted by molar-refractivity contribution is 0.478. The third-order valence-corrected chi connectivity index (χ3v) is 6.31. The van der Waals surface area contributed by atoms with Crippen LogP contribution in [-0.4, -0.2) is 16.6 Å². The normalized spacial score (nSPS) is 11.7. The molecule has 146 valence electrons. The van der Waals surface area contributed by atoms with Crippen molar-refractivity contribution in [3.8, 4) is 16.9 Å². The Kier molecular flexibility index (Phi) is 5.47. The molecule has 0 aliphatic carbocycles. The van der Waals surface area contributed by atoms with Gasteiger partial charge in [-0.1, -0.05) is 49.7 Å². The molecule has 2 aromatic heterocycles. The smallest absolute Gasteiger partial charge is 0.266 e. The van der Waals surface area contributed by atoms with Crippen molar-refractivity contribution in [1.29, 1.82) is 0 Å². The van der Waals surface area contributed by atoms with E-state index in [4.69, 9.17) is 17.3 Å². The maximum Gasteiger partial charge on any atom is 0.266 e. The highest BCUT2D eigenvalue weighted by Crippen LogP contribution is 2.43. The number of hydrogen-bond donors (Lipinski definition) is 3. The molecule has 0 aliphatic rings. The van der Waals surface area contributed by atoms with Crippen LogP contribution in [0.15, 0.2) is 46.6 Å². The highest BCUT2D eigenvalue weighted by molar-refractivity contribution is 7.17. The van der Waals surface area contributed by atoms with Crippen LogP contribution >= 0.6 is 35.3 Å². The predicted octanol–water partition coefficient (Wildman–Crippen LogP) is 5.43. The third kappa shape index (κ3) is 3.18. The van der Waals surface area contributed by atoms with E-state index >= 15 is 0 Å². The van der Waals surface area contributed by atoms with Crippen molar-refractivity contribution in [3.63, 3.8) is 0 Å². The van der Waals surface area contributed by atoms with Gasteiger partial charge < -0.3 is 15.8 Å². The number of aromatic amines is 1. The molecule has 0 radical (unpaired) electrons. The number of hydrogen-bond acceptors (Lipinski definition) is 4. The Morgan fingerprint density at radius 1 is 1.21 bits per heavy atom. The second kappa shape index (κ2) is 7.41. The van der Waals surface area contributed by atoms with Crippen LogP contribution in [0, 0.1) is 0 Å². The highest BCUT2D eigenvalue weighted by atomic mass is 35.5. The molecule has 2 heterocycles. The summed E-state index contributed by atoms with van der Waals surface area (Å²) >= 11 is 7.70. The highest BCUT2D eigenvalue weighted by Gasteiger charge is 2.21. The van der Waals surface area contributed by atoms with Gasteiger partial charge in [0, 0.05) is 34.4 Å². The van der Waals surface area contributed by atoms with Gasteiger partial charge in [0.15, 0.2) is 0 Å². The Labute approximate surface area is 177 Å². The fourth-order valence-corrected chi connectivity index (χ4v) is 4.42. The Morgan fingerprint density at radius 2 is 1.89 bits per heavy atom.